The third-order valence-electron chi connectivity index (χ3n) is 4.62. The van der Waals surface area contributed by atoms with Crippen LogP contribution in [-0.4, -0.2) is 34.7 Å². The Morgan fingerprint density at radius 2 is 1.76 bits per heavy atom. The second-order valence-corrected chi connectivity index (χ2v) is 6.55. The van der Waals surface area contributed by atoms with Crippen LogP contribution >= 0.6 is 0 Å². The molecule has 152 valence electrons. The van der Waals surface area contributed by atoms with E-state index in [1.807, 2.05) is 12.1 Å². The number of hydrogen-bond donors (Lipinski definition) is 0. The van der Waals surface area contributed by atoms with Crippen LogP contribution in [-0.2, 0) is 7.05 Å². The van der Waals surface area contributed by atoms with E-state index in [9.17, 15) is 13.6 Å². The molecule has 1 aromatic carbocycles. The van der Waals surface area contributed by atoms with Gasteiger partial charge in [-0.1, -0.05) is 0 Å². The number of rotatable bonds is 3. The molecular formula is C21H22F2N4O2. The molecule has 1 fully saturated rings. The molecule has 4 rings (SSSR count). The van der Waals surface area contributed by atoms with Crippen LogP contribution in [0.1, 0.15) is 12.8 Å². The van der Waals surface area contributed by atoms with E-state index in [1.165, 1.54) is 62.0 Å². The lowest BCUT2D eigenvalue weighted by Crippen LogP contribution is -2.19. The van der Waals surface area contributed by atoms with Gasteiger partial charge in [-0.3, -0.25) is 14.3 Å². The van der Waals surface area contributed by atoms with E-state index in [0.29, 0.717) is 0 Å². The van der Waals surface area contributed by atoms with Crippen molar-refractivity contribution in [3.8, 4) is 17.3 Å². The summed E-state index contributed by atoms with van der Waals surface area (Å²) in [6.07, 6.45) is 5.03. The summed E-state index contributed by atoms with van der Waals surface area (Å²) in [5.41, 5.74) is 1.28. The predicted molar refractivity (Wildman–Crippen MR) is 107 cm³/mol. The van der Waals surface area contributed by atoms with Crippen molar-refractivity contribution >= 4 is 5.69 Å². The normalized spacial score (nSPS) is 13.0. The molecule has 0 N–H and O–H groups in total. The summed E-state index contributed by atoms with van der Waals surface area (Å²) in [5.74, 6) is -0.687. The van der Waals surface area contributed by atoms with Crippen LogP contribution in [0, 0.1) is 11.6 Å². The number of aromatic nitrogens is 3. The molecule has 2 aromatic heterocycles. The number of hydrogen-bond acceptors (Lipinski definition) is 5. The number of ether oxygens (including phenoxy) is 1. The number of anilines is 1. The van der Waals surface area contributed by atoms with Gasteiger partial charge in [0.2, 0.25) is 0 Å². The highest BCUT2D eigenvalue weighted by atomic mass is 19.1. The molecule has 0 atom stereocenters. The molecule has 8 heteroatoms. The zero-order valence-corrected chi connectivity index (χ0v) is 16.3. The average Bonchev–Trinajstić information content (AvgIpc) is 3.26. The summed E-state index contributed by atoms with van der Waals surface area (Å²) < 4.78 is 32.2. The van der Waals surface area contributed by atoms with Gasteiger partial charge < -0.3 is 9.64 Å². The van der Waals surface area contributed by atoms with Crippen LogP contribution in [0.4, 0.5) is 14.5 Å². The Hall–Kier alpha value is -3.29. The van der Waals surface area contributed by atoms with Crippen LogP contribution < -0.4 is 15.2 Å². The minimum absolute atomic E-state index is 0.128. The largest absolute Gasteiger partial charge is 0.468 e. The topological polar surface area (TPSA) is 60.3 Å². The molecule has 1 aliphatic heterocycles. The lowest BCUT2D eigenvalue weighted by Gasteiger charge is -2.16. The van der Waals surface area contributed by atoms with Gasteiger partial charge in [0.15, 0.2) is 5.82 Å². The molecular weight excluding hydrogens is 378 g/mol. The first kappa shape index (κ1) is 20.4. The number of benzene rings is 1. The Bertz CT molecular complexity index is 1020. The first-order chi connectivity index (χ1) is 14.0. The molecule has 0 unspecified atom stereocenters. The van der Waals surface area contributed by atoms with E-state index in [1.54, 1.807) is 0 Å². The average molecular weight is 400 g/mol. The first-order valence-electron chi connectivity index (χ1n) is 9.22. The zero-order valence-electron chi connectivity index (χ0n) is 16.3. The lowest BCUT2D eigenvalue weighted by molar-refractivity contribution is 0.357. The van der Waals surface area contributed by atoms with E-state index in [0.717, 1.165) is 25.0 Å². The Labute approximate surface area is 167 Å². The van der Waals surface area contributed by atoms with Crippen molar-refractivity contribution in [2.45, 2.75) is 12.8 Å². The monoisotopic (exact) mass is 400 g/mol. The van der Waals surface area contributed by atoms with E-state index in [2.05, 4.69) is 14.9 Å². The van der Waals surface area contributed by atoms with Crippen molar-refractivity contribution < 1.29 is 13.5 Å². The second-order valence-electron chi connectivity index (χ2n) is 6.55. The van der Waals surface area contributed by atoms with Crippen molar-refractivity contribution in [3.63, 3.8) is 0 Å². The highest BCUT2D eigenvalue weighted by Gasteiger charge is 2.12. The van der Waals surface area contributed by atoms with Gasteiger partial charge in [-0.15, -0.1) is 0 Å². The summed E-state index contributed by atoms with van der Waals surface area (Å²) in [6.45, 7) is 2.23. The van der Waals surface area contributed by atoms with Gasteiger partial charge >= 0.3 is 0 Å². The molecule has 3 heterocycles. The standard InChI is InChI=1S/C11H10FN3O2.C10H12FN/c1-15-10(16)5-9(14-11(15)17-2)7-3-4-13-6-8(7)12;11-9-3-5-10(6-4-9)12-7-1-2-8-12/h3-6H,1-2H3;3-6H,1-2,7-8H2. The summed E-state index contributed by atoms with van der Waals surface area (Å²) >= 11 is 0. The molecule has 6 nitrogen and oxygen atoms in total. The molecule has 0 amide bonds. The van der Waals surface area contributed by atoms with Gasteiger partial charge in [0.1, 0.15) is 5.82 Å². The van der Waals surface area contributed by atoms with Crippen LogP contribution in [0.2, 0.25) is 0 Å². The van der Waals surface area contributed by atoms with Gasteiger partial charge in [0, 0.05) is 43.7 Å². The molecule has 3 aromatic rings. The Balaban J connectivity index is 0.000000176. The van der Waals surface area contributed by atoms with E-state index in [4.69, 9.17) is 4.74 Å². The molecule has 29 heavy (non-hydrogen) atoms. The minimum atomic E-state index is -0.532. The number of methoxy groups -OCH3 is 1. The smallest absolute Gasteiger partial charge is 0.299 e. The van der Waals surface area contributed by atoms with Crippen molar-refractivity contribution in [2.75, 3.05) is 25.1 Å². The maximum atomic E-state index is 13.5. The molecule has 0 radical (unpaired) electrons. The fraction of sp³-hybridized carbons (Fsp3) is 0.286. The number of halogens is 2. The SMILES string of the molecule is COc1nc(-c2ccncc2F)cc(=O)n1C.Fc1ccc(N2CCCC2)cc1. The van der Waals surface area contributed by atoms with E-state index < -0.39 is 5.82 Å². The van der Waals surface area contributed by atoms with Crippen LogP contribution in [0.5, 0.6) is 6.01 Å². The number of nitrogens with zero attached hydrogens (tertiary/aromatic N) is 4. The van der Waals surface area contributed by atoms with Crippen molar-refractivity contribution in [1.29, 1.82) is 0 Å². The second kappa shape index (κ2) is 9.27. The summed E-state index contributed by atoms with van der Waals surface area (Å²) in [4.78, 5) is 21.6. The first-order valence-corrected chi connectivity index (χ1v) is 9.22. The Kier molecular flexibility index (Phi) is 6.54. The van der Waals surface area contributed by atoms with Gasteiger partial charge in [-0.2, -0.15) is 4.98 Å². The predicted octanol–water partition coefficient (Wildman–Crippen LogP) is 3.42. The van der Waals surface area contributed by atoms with Crippen LogP contribution in [0.3, 0.4) is 0 Å². The highest BCUT2D eigenvalue weighted by Crippen LogP contribution is 2.20. The molecule has 1 aliphatic rings. The molecule has 0 aliphatic carbocycles. The van der Waals surface area contributed by atoms with Crippen LogP contribution in [0.25, 0.3) is 11.3 Å². The summed E-state index contributed by atoms with van der Waals surface area (Å²) in [5, 5.41) is 0. The third-order valence-corrected chi connectivity index (χ3v) is 4.62. The fourth-order valence-corrected chi connectivity index (χ4v) is 3.05. The third kappa shape index (κ3) is 4.96. The van der Waals surface area contributed by atoms with Crippen molar-refractivity contribution in [3.05, 3.63) is 70.8 Å². The van der Waals surface area contributed by atoms with Crippen molar-refractivity contribution in [2.24, 2.45) is 7.05 Å². The van der Waals surface area contributed by atoms with Crippen LogP contribution in [0.15, 0.2) is 53.6 Å². The van der Waals surface area contributed by atoms with Gasteiger partial charge in [0.25, 0.3) is 11.6 Å². The molecule has 0 saturated carbocycles. The van der Waals surface area contributed by atoms with Gasteiger partial charge in [-0.05, 0) is 43.2 Å². The fourth-order valence-electron chi connectivity index (χ4n) is 3.05. The molecule has 0 spiro atoms. The minimum Gasteiger partial charge on any atom is -0.468 e. The van der Waals surface area contributed by atoms with Crippen molar-refractivity contribution in [1.82, 2.24) is 14.5 Å². The van der Waals surface area contributed by atoms with Gasteiger partial charge in [-0.25, -0.2) is 8.78 Å². The lowest BCUT2D eigenvalue weighted by atomic mass is 10.2. The zero-order chi connectivity index (χ0) is 20.8. The molecule has 1 saturated heterocycles. The molecule has 0 bridgehead atoms. The maximum absolute atomic E-state index is 13.5. The number of pyridine rings is 1. The summed E-state index contributed by atoms with van der Waals surface area (Å²) in [7, 11) is 2.93. The van der Waals surface area contributed by atoms with Gasteiger partial charge in [0.05, 0.1) is 19.0 Å². The maximum Gasteiger partial charge on any atom is 0.299 e. The van der Waals surface area contributed by atoms with E-state index >= 15 is 0 Å². The Morgan fingerprint density at radius 3 is 2.38 bits per heavy atom. The summed E-state index contributed by atoms with van der Waals surface area (Å²) in [6, 6.07) is 9.57. The quantitative estimate of drug-likeness (QED) is 0.674. The van der Waals surface area contributed by atoms with E-state index in [-0.39, 0.29) is 28.6 Å². The highest BCUT2D eigenvalue weighted by molar-refractivity contribution is 5.58. The Morgan fingerprint density at radius 1 is 1.07 bits per heavy atom.